The zero-order valence-corrected chi connectivity index (χ0v) is 12.7. The molecule has 0 bridgehead atoms. The second-order valence-electron chi connectivity index (χ2n) is 5.61. The smallest absolute Gasteiger partial charge is 0.276 e. The molecule has 1 aromatic heterocycles. The molecule has 0 aliphatic carbocycles. The number of hydrogen-bond donors (Lipinski definition) is 0. The van der Waals surface area contributed by atoms with E-state index in [1.165, 1.54) is 16.4 Å². The van der Waals surface area contributed by atoms with Crippen molar-refractivity contribution in [2.45, 2.75) is 38.2 Å². The van der Waals surface area contributed by atoms with Gasteiger partial charge >= 0.3 is 0 Å². The van der Waals surface area contributed by atoms with Gasteiger partial charge in [-0.1, -0.05) is 13.8 Å². The summed E-state index contributed by atoms with van der Waals surface area (Å²) in [5.41, 5.74) is 0. The number of sulfonamides is 1. The van der Waals surface area contributed by atoms with Gasteiger partial charge in [0.2, 0.25) is 5.09 Å². The highest BCUT2D eigenvalue weighted by molar-refractivity contribution is 7.89. The van der Waals surface area contributed by atoms with Crippen LogP contribution in [0.25, 0.3) is 0 Å². The van der Waals surface area contributed by atoms with Crippen LogP contribution >= 0.6 is 0 Å². The van der Waals surface area contributed by atoms with Crippen LogP contribution in [0.1, 0.15) is 43.7 Å². The lowest BCUT2D eigenvalue weighted by Crippen LogP contribution is -2.32. The van der Waals surface area contributed by atoms with Crippen molar-refractivity contribution in [3.8, 4) is 0 Å². The molecule has 1 saturated heterocycles. The molecule has 1 unspecified atom stereocenters. The summed E-state index contributed by atoms with van der Waals surface area (Å²) in [6.45, 7) is 5.39. The van der Waals surface area contributed by atoms with Gasteiger partial charge in [-0.05, 0) is 43.2 Å². The van der Waals surface area contributed by atoms with Crippen molar-refractivity contribution in [2.24, 2.45) is 11.8 Å². The van der Waals surface area contributed by atoms with E-state index in [2.05, 4.69) is 13.8 Å². The van der Waals surface area contributed by atoms with E-state index in [9.17, 15) is 13.2 Å². The zero-order valence-electron chi connectivity index (χ0n) is 11.9. The lowest BCUT2D eigenvalue weighted by molar-refractivity contribution is 0.109. The molecule has 0 N–H and O–H groups in total. The first kappa shape index (κ1) is 15.3. The molecular weight excluding hydrogens is 278 g/mol. The molecule has 1 aliphatic rings. The fourth-order valence-corrected chi connectivity index (χ4v) is 4.08. The molecule has 0 amide bonds. The Kier molecular flexibility index (Phi) is 4.65. The van der Waals surface area contributed by atoms with Gasteiger partial charge in [-0.2, -0.15) is 4.31 Å². The number of nitrogens with zero attached hydrogens (tertiary/aromatic N) is 1. The number of carbonyl (C=O) groups is 1. The summed E-state index contributed by atoms with van der Waals surface area (Å²) < 4.78 is 31.5. The number of aldehydes is 1. The van der Waals surface area contributed by atoms with Gasteiger partial charge in [0.15, 0.2) is 12.0 Å². The Hall–Kier alpha value is -1.14. The van der Waals surface area contributed by atoms with E-state index in [1.54, 1.807) is 0 Å². The van der Waals surface area contributed by atoms with Crippen molar-refractivity contribution in [1.29, 1.82) is 0 Å². The highest BCUT2D eigenvalue weighted by atomic mass is 32.2. The lowest BCUT2D eigenvalue weighted by Gasteiger charge is -2.20. The van der Waals surface area contributed by atoms with E-state index in [0.29, 0.717) is 31.2 Å². The molecule has 0 spiro atoms. The Labute approximate surface area is 120 Å². The summed E-state index contributed by atoms with van der Waals surface area (Å²) >= 11 is 0. The summed E-state index contributed by atoms with van der Waals surface area (Å²) in [4.78, 5) is 10.6. The monoisotopic (exact) mass is 299 g/mol. The van der Waals surface area contributed by atoms with Crippen molar-refractivity contribution in [2.75, 3.05) is 13.1 Å². The Morgan fingerprint density at radius 1 is 1.30 bits per heavy atom. The van der Waals surface area contributed by atoms with E-state index >= 15 is 0 Å². The molecule has 1 fully saturated rings. The average Bonchev–Trinajstić information content (AvgIpc) is 2.75. The topological polar surface area (TPSA) is 67.6 Å². The van der Waals surface area contributed by atoms with Gasteiger partial charge in [0.25, 0.3) is 10.0 Å². The summed E-state index contributed by atoms with van der Waals surface area (Å²) in [5, 5.41) is -0.136. The molecular formula is C14H21NO4S. The second kappa shape index (κ2) is 6.10. The fourth-order valence-electron chi connectivity index (χ4n) is 2.67. The molecule has 5 nitrogen and oxygen atoms in total. The van der Waals surface area contributed by atoms with Crippen LogP contribution in [0, 0.1) is 11.8 Å². The number of rotatable bonds is 4. The largest absolute Gasteiger partial charge is 0.440 e. The third-order valence-electron chi connectivity index (χ3n) is 3.99. The van der Waals surface area contributed by atoms with Crippen molar-refractivity contribution < 1.29 is 17.6 Å². The third kappa shape index (κ3) is 3.12. The summed E-state index contributed by atoms with van der Waals surface area (Å²) in [6, 6.07) is 2.73. The maximum atomic E-state index is 12.5. The molecule has 2 rings (SSSR count). The van der Waals surface area contributed by atoms with E-state index < -0.39 is 10.0 Å². The predicted molar refractivity (Wildman–Crippen MR) is 75.0 cm³/mol. The zero-order chi connectivity index (χ0) is 14.8. The van der Waals surface area contributed by atoms with Crippen LogP contribution in [-0.4, -0.2) is 32.1 Å². The average molecular weight is 299 g/mol. The van der Waals surface area contributed by atoms with Crippen molar-refractivity contribution in [3.63, 3.8) is 0 Å². The fraction of sp³-hybridized carbons (Fsp3) is 0.643. The molecule has 2 heterocycles. The standard InChI is InChI=1S/C14H21NO4S/c1-11(2)12-4-3-8-15(9-7-12)20(17,18)14-6-5-13(10-16)19-14/h5-6,10-12H,3-4,7-9H2,1-2H3. The van der Waals surface area contributed by atoms with Gasteiger partial charge in [0.1, 0.15) is 0 Å². The summed E-state index contributed by atoms with van der Waals surface area (Å²) in [5.74, 6) is 1.18. The Bertz CT molecular complexity index is 561. The Morgan fingerprint density at radius 3 is 2.65 bits per heavy atom. The first-order valence-electron chi connectivity index (χ1n) is 7.00. The van der Waals surface area contributed by atoms with Crippen molar-refractivity contribution in [3.05, 3.63) is 17.9 Å². The molecule has 0 radical (unpaired) electrons. The minimum absolute atomic E-state index is 0.0402. The summed E-state index contributed by atoms with van der Waals surface area (Å²) in [6.07, 6.45) is 3.30. The number of hydrogen-bond acceptors (Lipinski definition) is 4. The number of carbonyl (C=O) groups excluding carboxylic acids is 1. The highest BCUT2D eigenvalue weighted by Gasteiger charge is 2.30. The number of furan rings is 1. The maximum absolute atomic E-state index is 12.5. The minimum Gasteiger partial charge on any atom is -0.440 e. The quantitative estimate of drug-likeness (QED) is 0.801. The van der Waals surface area contributed by atoms with Crippen LogP contribution in [0.3, 0.4) is 0 Å². The maximum Gasteiger partial charge on any atom is 0.276 e. The van der Waals surface area contributed by atoms with Gasteiger partial charge in [0, 0.05) is 13.1 Å². The Balaban J connectivity index is 2.15. The van der Waals surface area contributed by atoms with Crippen LogP contribution in [-0.2, 0) is 10.0 Å². The first-order valence-corrected chi connectivity index (χ1v) is 8.44. The van der Waals surface area contributed by atoms with Crippen LogP contribution in [0.5, 0.6) is 0 Å². The molecule has 112 valence electrons. The molecule has 0 aromatic carbocycles. The molecule has 20 heavy (non-hydrogen) atoms. The molecule has 1 aliphatic heterocycles. The van der Waals surface area contributed by atoms with Gasteiger partial charge in [-0.25, -0.2) is 8.42 Å². The normalized spacial score (nSPS) is 21.9. The third-order valence-corrected chi connectivity index (χ3v) is 5.76. The second-order valence-corrected chi connectivity index (χ2v) is 7.48. The van der Waals surface area contributed by atoms with Crippen molar-refractivity contribution >= 4 is 16.3 Å². The highest BCUT2D eigenvalue weighted by Crippen LogP contribution is 2.27. The first-order chi connectivity index (χ1) is 9.45. The van der Waals surface area contributed by atoms with Crippen LogP contribution in [0.2, 0.25) is 0 Å². The van der Waals surface area contributed by atoms with Crippen molar-refractivity contribution in [1.82, 2.24) is 4.31 Å². The minimum atomic E-state index is -3.62. The van der Waals surface area contributed by atoms with Crippen LogP contribution in [0.15, 0.2) is 21.6 Å². The molecule has 1 aromatic rings. The van der Waals surface area contributed by atoms with Gasteiger partial charge in [-0.3, -0.25) is 4.79 Å². The predicted octanol–water partition coefficient (Wildman–Crippen LogP) is 2.54. The Morgan fingerprint density at radius 2 is 2.05 bits per heavy atom. The summed E-state index contributed by atoms with van der Waals surface area (Å²) in [7, 11) is -3.62. The molecule has 1 atom stereocenters. The van der Waals surface area contributed by atoms with E-state index in [0.717, 1.165) is 19.3 Å². The molecule has 6 heteroatoms. The van der Waals surface area contributed by atoms with Crippen LogP contribution in [0.4, 0.5) is 0 Å². The van der Waals surface area contributed by atoms with E-state index in [-0.39, 0.29) is 10.9 Å². The van der Waals surface area contributed by atoms with E-state index in [4.69, 9.17) is 4.42 Å². The molecule has 0 saturated carbocycles. The van der Waals surface area contributed by atoms with Gasteiger partial charge < -0.3 is 4.42 Å². The van der Waals surface area contributed by atoms with E-state index in [1.807, 2.05) is 0 Å². The van der Waals surface area contributed by atoms with Crippen LogP contribution < -0.4 is 0 Å². The van der Waals surface area contributed by atoms with Gasteiger partial charge in [0.05, 0.1) is 0 Å². The van der Waals surface area contributed by atoms with Gasteiger partial charge in [-0.15, -0.1) is 0 Å². The lowest BCUT2D eigenvalue weighted by atomic mass is 9.89. The SMILES string of the molecule is CC(C)C1CCCN(S(=O)(=O)c2ccc(C=O)o2)CC1.